The maximum absolute atomic E-state index is 13.4. The summed E-state index contributed by atoms with van der Waals surface area (Å²) >= 11 is 3.32. The largest absolute Gasteiger partial charge is 0.211 e. The molecule has 14 heavy (non-hydrogen) atoms. The highest BCUT2D eigenvalue weighted by Crippen LogP contribution is 2.18. The zero-order valence-corrected chi connectivity index (χ0v) is 9.59. The second-order valence-corrected chi connectivity index (χ2v) is 4.02. The minimum Gasteiger partial charge on any atom is -0.211 e. The molecule has 1 rings (SSSR count). The van der Waals surface area contributed by atoms with Crippen LogP contribution in [0.1, 0.15) is 12.5 Å². The lowest BCUT2D eigenvalue weighted by Crippen LogP contribution is -1.88. The summed E-state index contributed by atoms with van der Waals surface area (Å²) in [5.74, 6) is -0.388. The van der Waals surface area contributed by atoms with E-state index in [0.717, 1.165) is 10.0 Å². The van der Waals surface area contributed by atoms with Crippen molar-refractivity contribution in [2.45, 2.75) is 6.92 Å². The summed E-state index contributed by atoms with van der Waals surface area (Å²) in [7, 11) is 0. The molecule has 0 aliphatic carbocycles. The number of hydrogen-bond donors (Lipinski definition) is 0. The lowest BCUT2D eigenvalue weighted by Gasteiger charge is -2.01. The van der Waals surface area contributed by atoms with Crippen molar-refractivity contribution >= 4 is 22.0 Å². The molecule has 1 aromatic rings. The van der Waals surface area contributed by atoms with Gasteiger partial charge in [-0.05, 0) is 23.8 Å². The van der Waals surface area contributed by atoms with Crippen molar-refractivity contribution in [3.05, 3.63) is 52.8 Å². The molecule has 0 bridgehead atoms. The Morgan fingerprint density at radius 3 is 2.50 bits per heavy atom. The molecule has 74 valence electrons. The van der Waals surface area contributed by atoms with E-state index in [1.165, 1.54) is 6.08 Å². The van der Waals surface area contributed by atoms with Gasteiger partial charge in [-0.3, -0.25) is 0 Å². The lowest BCUT2D eigenvalue weighted by atomic mass is 10.1. The monoisotopic (exact) mass is 254 g/mol. The molecular weight excluding hydrogens is 243 g/mol. The molecule has 0 fully saturated rings. The Hall–Kier alpha value is -0.890. The van der Waals surface area contributed by atoms with Gasteiger partial charge in [0.1, 0.15) is 5.83 Å². The third-order valence-electron chi connectivity index (χ3n) is 1.96. The number of rotatable bonds is 3. The van der Waals surface area contributed by atoms with E-state index in [2.05, 4.69) is 22.5 Å². The number of benzene rings is 1. The molecule has 0 aromatic heterocycles. The average molecular weight is 255 g/mol. The summed E-state index contributed by atoms with van der Waals surface area (Å²) in [5.41, 5.74) is 0.861. The van der Waals surface area contributed by atoms with Crippen molar-refractivity contribution < 1.29 is 4.39 Å². The van der Waals surface area contributed by atoms with Crippen molar-refractivity contribution in [3.63, 3.8) is 0 Å². The van der Waals surface area contributed by atoms with Crippen LogP contribution < -0.4 is 0 Å². The highest BCUT2D eigenvalue weighted by Gasteiger charge is 2.02. The molecule has 0 N–H and O–H groups in total. The van der Waals surface area contributed by atoms with Crippen LogP contribution in [0.3, 0.4) is 0 Å². The van der Waals surface area contributed by atoms with Crippen molar-refractivity contribution in [1.82, 2.24) is 0 Å². The summed E-state index contributed by atoms with van der Waals surface area (Å²) < 4.78 is 14.4. The van der Waals surface area contributed by atoms with Crippen molar-refractivity contribution in [1.29, 1.82) is 0 Å². The van der Waals surface area contributed by atoms with Crippen molar-refractivity contribution in [2.75, 3.05) is 0 Å². The predicted molar refractivity (Wildman–Crippen MR) is 62.6 cm³/mol. The normalized spacial score (nSPS) is 13.8. The predicted octanol–water partition coefficient (Wildman–Crippen LogP) is 4.58. The third kappa shape index (κ3) is 3.11. The summed E-state index contributed by atoms with van der Waals surface area (Å²) in [6.45, 7) is 5.32. The van der Waals surface area contributed by atoms with Crippen LogP contribution >= 0.6 is 15.9 Å². The maximum Gasteiger partial charge on any atom is 0.107 e. The summed E-state index contributed by atoms with van der Waals surface area (Å²) in [6, 6.07) is 7.49. The van der Waals surface area contributed by atoms with Gasteiger partial charge in [0.15, 0.2) is 0 Å². The molecule has 0 amide bonds. The van der Waals surface area contributed by atoms with Crippen LogP contribution in [0.25, 0.3) is 6.08 Å². The SMILES string of the molecule is C=C[C@@H](C)/C(F)=C/c1ccc(Br)cc1. The van der Waals surface area contributed by atoms with Gasteiger partial charge in [-0.15, -0.1) is 6.58 Å². The Morgan fingerprint density at radius 1 is 1.43 bits per heavy atom. The average Bonchev–Trinajstić information content (AvgIpc) is 2.20. The standard InChI is InChI=1S/C12H12BrF/c1-3-9(2)12(14)8-10-4-6-11(13)7-5-10/h3-9H,1H2,2H3/b12-8-/t9-/m1/s1. The van der Waals surface area contributed by atoms with Gasteiger partial charge < -0.3 is 0 Å². The Kier molecular flexibility index (Phi) is 4.08. The van der Waals surface area contributed by atoms with Gasteiger partial charge in [-0.25, -0.2) is 4.39 Å². The molecule has 0 spiro atoms. The second-order valence-electron chi connectivity index (χ2n) is 3.11. The molecule has 0 radical (unpaired) electrons. The van der Waals surface area contributed by atoms with E-state index < -0.39 is 0 Å². The molecule has 0 nitrogen and oxygen atoms in total. The first kappa shape index (κ1) is 11.2. The number of allylic oxidation sites excluding steroid dienone is 2. The quantitative estimate of drug-likeness (QED) is 0.693. The first-order valence-electron chi connectivity index (χ1n) is 4.38. The lowest BCUT2D eigenvalue weighted by molar-refractivity contribution is 0.557. The van der Waals surface area contributed by atoms with Crippen LogP contribution in [0.4, 0.5) is 4.39 Å². The van der Waals surface area contributed by atoms with Crippen molar-refractivity contribution in [2.24, 2.45) is 5.92 Å². The fourth-order valence-corrected chi connectivity index (χ4v) is 1.23. The minimum absolute atomic E-state index is 0.165. The van der Waals surface area contributed by atoms with Crippen LogP contribution in [-0.4, -0.2) is 0 Å². The zero-order chi connectivity index (χ0) is 10.6. The molecular formula is C12H12BrF. The summed E-state index contributed by atoms with van der Waals surface area (Å²) in [5, 5.41) is 0. The van der Waals surface area contributed by atoms with Gasteiger partial charge in [-0.1, -0.05) is 41.1 Å². The molecule has 0 heterocycles. The molecule has 1 atom stereocenters. The fraction of sp³-hybridized carbons (Fsp3) is 0.167. The highest BCUT2D eigenvalue weighted by atomic mass is 79.9. The van der Waals surface area contributed by atoms with Gasteiger partial charge in [0.25, 0.3) is 0 Å². The highest BCUT2D eigenvalue weighted by molar-refractivity contribution is 9.10. The molecule has 0 saturated heterocycles. The van der Waals surface area contributed by atoms with E-state index in [9.17, 15) is 4.39 Å². The molecule has 2 heteroatoms. The number of hydrogen-bond acceptors (Lipinski definition) is 0. The Balaban J connectivity index is 2.86. The molecule has 0 aliphatic heterocycles. The van der Waals surface area contributed by atoms with Gasteiger partial charge >= 0.3 is 0 Å². The molecule has 0 aliphatic rings. The van der Waals surface area contributed by atoms with E-state index in [-0.39, 0.29) is 11.7 Å². The minimum atomic E-state index is -0.223. The van der Waals surface area contributed by atoms with Crippen LogP contribution in [-0.2, 0) is 0 Å². The Morgan fingerprint density at radius 2 is 2.00 bits per heavy atom. The fourth-order valence-electron chi connectivity index (χ4n) is 0.962. The van der Waals surface area contributed by atoms with Gasteiger partial charge in [0.2, 0.25) is 0 Å². The van der Waals surface area contributed by atoms with Gasteiger partial charge in [-0.2, -0.15) is 0 Å². The first-order valence-corrected chi connectivity index (χ1v) is 5.18. The summed E-state index contributed by atoms with van der Waals surface area (Å²) in [4.78, 5) is 0. The smallest absolute Gasteiger partial charge is 0.107 e. The van der Waals surface area contributed by atoms with Crippen molar-refractivity contribution in [3.8, 4) is 0 Å². The van der Waals surface area contributed by atoms with Gasteiger partial charge in [0.05, 0.1) is 0 Å². The van der Waals surface area contributed by atoms with Crippen LogP contribution in [0.2, 0.25) is 0 Å². The van der Waals surface area contributed by atoms with E-state index in [1.807, 2.05) is 24.3 Å². The van der Waals surface area contributed by atoms with Crippen LogP contribution in [0.15, 0.2) is 47.2 Å². The Bertz CT molecular complexity index is 338. The van der Waals surface area contributed by atoms with Crippen LogP contribution in [0, 0.1) is 5.92 Å². The number of halogens is 2. The van der Waals surface area contributed by atoms with E-state index in [1.54, 1.807) is 13.0 Å². The summed E-state index contributed by atoms with van der Waals surface area (Å²) in [6.07, 6.45) is 3.11. The van der Waals surface area contributed by atoms with Gasteiger partial charge in [0, 0.05) is 10.4 Å². The first-order chi connectivity index (χ1) is 6.63. The molecule has 0 unspecified atom stereocenters. The zero-order valence-electron chi connectivity index (χ0n) is 8.00. The third-order valence-corrected chi connectivity index (χ3v) is 2.49. The Labute approximate surface area is 92.3 Å². The van der Waals surface area contributed by atoms with E-state index >= 15 is 0 Å². The molecule has 1 aromatic carbocycles. The van der Waals surface area contributed by atoms with E-state index in [4.69, 9.17) is 0 Å². The topological polar surface area (TPSA) is 0 Å². The second kappa shape index (κ2) is 5.11. The maximum atomic E-state index is 13.4. The van der Waals surface area contributed by atoms with Crippen LogP contribution in [0.5, 0.6) is 0 Å². The van der Waals surface area contributed by atoms with E-state index in [0.29, 0.717) is 0 Å². The molecule has 0 saturated carbocycles.